The molecule has 0 radical (unpaired) electrons. The molecular weight excluding hydrogens is 324 g/mol. The van der Waals surface area contributed by atoms with Crippen molar-refractivity contribution >= 4 is 16.6 Å². The molecule has 0 saturated carbocycles. The fourth-order valence-corrected chi connectivity index (χ4v) is 3.58. The van der Waals surface area contributed by atoms with Crippen LogP contribution in [0.15, 0.2) is 72.9 Å². The molecule has 5 rings (SSSR count). The number of rotatable bonds is 2. The second-order valence-corrected chi connectivity index (χ2v) is 6.37. The van der Waals surface area contributed by atoms with E-state index in [9.17, 15) is 0 Å². The molecule has 4 nitrogen and oxygen atoms in total. The third-order valence-electron chi connectivity index (χ3n) is 4.87. The molecular formula is C22H18N2O2. The molecule has 1 aromatic heterocycles. The van der Waals surface area contributed by atoms with Crippen LogP contribution in [0.5, 0.6) is 17.2 Å². The van der Waals surface area contributed by atoms with Crippen molar-refractivity contribution in [2.45, 2.75) is 6.04 Å². The van der Waals surface area contributed by atoms with Crippen molar-refractivity contribution in [3.8, 4) is 17.2 Å². The number of hydrogen-bond acceptors (Lipinski definition) is 3. The predicted molar refractivity (Wildman–Crippen MR) is 103 cm³/mol. The summed E-state index contributed by atoms with van der Waals surface area (Å²) in [7, 11) is 1.68. The molecule has 4 aromatic rings. The van der Waals surface area contributed by atoms with Gasteiger partial charge in [-0.25, -0.2) is 0 Å². The summed E-state index contributed by atoms with van der Waals surface area (Å²) in [6, 6.07) is 22.2. The van der Waals surface area contributed by atoms with Crippen LogP contribution in [-0.2, 0) is 0 Å². The number of fused-ring (bicyclic) bond motifs is 3. The highest BCUT2D eigenvalue weighted by Gasteiger charge is 2.26. The zero-order valence-corrected chi connectivity index (χ0v) is 14.3. The molecule has 2 N–H and O–H groups in total. The number of hydrogen-bond donors (Lipinski definition) is 2. The topological polar surface area (TPSA) is 46.3 Å². The van der Waals surface area contributed by atoms with Gasteiger partial charge in [-0.3, -0.25) is 0 Å². The maximum atomic E-state index is 6.21. The van der Waals surface area contributed by atoms with Crippen LogP contribution in [0.4, 0.5) is 5.69 Å². The van der Waals surface area contributed by atoms with Crippen LogP contribution in [0.2, 0.25) is 0 Å². The largest absolute Gasteiger partial charge is 0.497 e. The standard InChI is InChI=1S/C22H18N2O2/c1-25-14-10-11-20-16(12-14)22(24-19-8-4-5-9-21(19)26-20)17-13-23-18-7-3-2-6-15(17)18/h2-13,22-24H,1H3. The molecule has 3 aromatic carbocycles. The van der Waals surface area contributed by atoms with Crippen molar-refractivity contribution in [3.05, 3.63) is 84.1 Å². The number of methoxy groups -OCH3 is 1. The van der Waals surface area contributed by atoms with Gasteiger partial charge in [-0.15, -0.1) is 0 Å². The summed E-state index contributed by atoms with van der Waals surface area (Å²) in [6.45, 7) is 0. The fourth-order valence-electron chi connectivity index (χ4n) is 3.58. The highest BCUT2D eigenvalue weighted by Crippen LogP contribution is 2.44. The number of para-hydroxylation sites is 3. The van der Waals surface area contributed by atoms with E-state index in [4.69, 9.17) is 9.47 Å². The second-order valence-electron chi connectivity index (χ2n) is 6.37. The maximum absolute atomic E-state index is 6.21. The summed E-state index contributed by atoms with van der Waals surface area (Å²) in [5.74, 6) is 2.46. The number of benzene rings is 3. The van der Waals surface area contributed by atoms with Gasteiger partial charge in [0.05, 0.1) is 18.8 Å². The van der Waals surface area contributed by atoms with E-state index in [1.165, 1.54) is 10.9 Å². The van der Waals surface area contributed by atoms with E-state index in [0.29, 0.717) is 0 Å². The Bertz CT molecular complexity index is 1100. The SMILES string of the molecule is COc1ccc2c(c1)C(c1c[nH]c3ccccc13)Nc1ccccc1O2. The summed E-state index contributed by atoms with van der Waals surface area (Å²) in [5, 5.41) is 4.85. The molecule has 1 aliphatic rings. The van der Waals surface area contributed by atoms with Crippen LogP contribution in [0.1, 0.15) is 17.2 Å². The molecule has 0 aliphatic carbocycles. The Morgan fingerprint density at radius 3 is 2.65 bits per heavy atom. The molecule has 128 valence electrons. The molecule has 1 unspecified atom stereocenters. The summed E-state index contributed by atoms with van der Waals surface area (Å²) in [4.78, 5) is 3.38. The highest BCUT2D eigenvalue weighted by atomic mass is 16.5. The molecule has 4 heteroatoms. The van der Waals surface area contributed by atoms with Crippen molar-refractivity contribution < 1.29 is 9.47 Å². The van der Waals surface area contributed by atoms with E-state index in [0.717, 1.165) is 34.0 Å². The Balaban J connectivity index is 1.75. The minimum Gasteiger partial charge on any atom is -0.497 e. The van der Waals surface area contributed by atoms with Crippen molar-refractivity contribution in [1.82, 2.24) is 4.98 Å². The van der Waals surface area contributed by atoms with Crippen LogP contribution in [0.3, 0.4) is 0 Å². The lowest BCUT2D eigenvalue weighted by Gasteiger charge is -2.19. The van der Waals surface area contributed by atoms with E-state index in [-0.39, 0.29) is 6.04 Å². The minimum atomic E-state index is -0.0556. The molecule has 0 bridgehead atoms. The summed E-state index contributed by atoms with van der Waals surface area (Å²) in [5.41, 5.74) is 4.31. The Hall–Kier alpha value is -3.40. The first kappa shape index (κ1) is 14.9. The first-order valence-corrected chi connectivity index (χ1v) is 8.61. The van der Waals surface area contributed by atoms with Crippen molar-refractivity contribution in [2.75, 3.05) is 12.4 Å². The Kier molecular flexibility index (Phi) is 3.35. The number of aromatic amines is 1. The Labute approximate surface area is 151 Å². The van der Waals surface area contributed by atoms with E-state index in [1.807, 2.05) is 48.5 Å². The van der Waals surface area contributed by atoms with Crippen LogP contribution >= 0.6 is 0 Å². The molecule has 26 heavy (non-hydrogen) atoms. The van der Waals surface area contributed by atoms with Crippen molar-refractivity contribution in [3.63, 3.8) is 0 Å². The summed E-state index contributed by atoms with van der Waals surface area (Å²) in [6.07, 6.45) is 2.07. The lowest BCUT2D eigenvalue weighted by atomic mass is 9.97. The van der Waals surface area contributed by atoms with Gasteiger partial charge < -0.3 is 19.8 Å². The van der Waals surface area contributed by atoms with E-state index < -0.39 is 0 Å². The van der Waals surface area contributed by atoms with E-state index >= 15 is 0 Å². The number of H-pyrrole nitrogens is 1. The van der Waals surface area contributed by atoms with Gasteiger partial charge in [0.15, 0.2) is 5.75 Å². The third-order valence-corrected chi connectivity index (χ3v) is 4.87. The molecule has 1 aliphatic heterocycles. The zero-order valence-electron chi connectivity index (χ0n) is 14.3. The number of ether oxygens (including phenoxy) is 2. The molecule has 0 amide bonds. The van der Waals surface area contributed by atoms with E-state index in [2.05, 4.69) is 34.7 Å². The van der Waals surface area contributed by atoms with Gasteiger partial charge >= 0.3 is 0 Å². The normalized spacial score (nSPS) is 15.3. The van der Waals surface area contributed by atoms with Gasteiger partial charge in [0.1, 0.15) is 11.5 Å². The highest BCUT2D eigenvalue weighted by molar-refractivity contribution is 5.85. The smallest absolute Gasteiger partial charge is 0.150 e. The van der Waals surface area contributed by atoms with Crippen molar-refractivity contribution in [1.29, 1.82) is 0 Å². The maximum Gasteiger partial charge on any atom is 0.150 e. The van der Waals surface area contributed by atoms with Crippen LogP contribution in [0, 0.1) is 0 Å². The van der Waals surface area contributed by atoms with Gasteiger partial charge in [0, 0.05) is 28.2 Å². The number of nitrogens with one attached hydrogen (secondary N) is 2. The quantitative estimate of drug-likeness (QED) is 0.507. The molecule has 2 heterocycles. The van der Waals surface area contributed by atoms with Crippen LogP contribution in [-0.4, -0.2) is 12.1 Å². The minimum absolute atomic E-state index is 0.0556. The predicted octanol–water partition coefficient (Wildman–Crippen LogP) is 5.48. The average Bonchev–Trinajstić information content (AvgIpc) is 3.04. The van der Waals surface area contributed by atoms with Gasteiger partial charge in [0.25, 0.3) is 0 Å². The first-order valence-electron chi connectivity index (χ1n) is 8.61. The summed E-state index contributed by atoms with van der Waals surface area (Å²) < 4.78 is 11.7. The molecule has 0 fully saturated rings. The number of aromatic nitrogens is 1. The fraction of sp³-hybridized carbons (Fsp3) is 0.0909. The first-order chi connectivity index (χ1) is 12.8. The lowest BCUT2D eigenvalue weighted by Crippen LogP contribution is -2.11. The molecule has 1 atom stereocenters. The van der Waals surface area contributed by atoms with E-state index in [1.54, 1.807) is 7.11 Å². The average molecular weight is 342 g/mol. The van der Waals surface area contributed by atoms with Gasteiger partial charge in [-0.1, -0.05) is 30.3 Å². The lowest BCUT2D eigenvalue weighted by molar-refractivity contribution is 0.412. The van der Waals surface area contributed by atoms with Gasteiger partial charge in [-0.05, 0) is 36.4 Å². The Morgan fingerprint density at radius 2 is 1.73 bits per heavy atom. The second kappa shape index (κ2) is 5.85. The molecule has 0 saturated heterocycles. The summed E-state index contributed by atoms with van der Waals surface area (Å²) >= 11 is 0. The molecule has 0 spiro atoms. The van der Waals surface area contributed by atoms with Crippen LogP contribution < -0.4 is 14.8 Å². The number of anilines is 1. The monoisotopic (exact) mass is 342 g/mol. The zero-order chi connectivity index (χ0) is 17.5. The third kappa shape index (κ3) is 2.30. The van der Waals surface area contributed by atoms with Gasteiger partial charge in [-0.2, -0.15) is 0 Å². The van der Waals surface area contributed by atoms with Crippen LogP contribution in [0.25, 0.3) is 10.9 Å². The van der Waals surface area contributed by atoms with Crippen molar-refractivity contribution in [2.24, 2.45) is 0 Å². The Morgan fingerprint density at radius 1 is 0.885 bits per heavy atom. The van der Waals surface area contributed by atoms with Gasteiger partial charge in [0.2, 0.25) is 0 Å².